The highest BCUT2D eigenvalue weighted by Gasteiger charge is 2.10. The van der Waals surface area contributed by atoms with E-state index in [0.29, 0.717) is 6.61 Å². The normalized spacial score (nSPS) is 12.7. The van der Waals surface area contributed by atoms with Gasteiger partial charge in [0.25, 0.3) is 0 Å². The Morgan fingerprint density at radius 3 is 2.56 bits per heavy atom. The molecule has 90 valence electrons. The van der Waals surface area contributed by atoms with E-state index in [1.54, 1.807) is 7.11 Å². The van der Waals surface area contributed by atoms with Crippen LogP contribution in [-0.2, 0) is 4.74 Å². The predicted molar refractivity (Wildman–Crippen MR) is 64.2 cm³/mol. The van der Waals surface area contributed by atoms with Gasteiger partial charge in [0.1, 0.15) is 5.82 Å². The van der Waals surface area contributed by atoms with Gasteiger partial charge in [0.15, 0.2) is 0 Å². The second kappa shape index (κ2) is 7.36. The molecular weight excluding hydrogens is 205 g/mol. The van der Waals surface area contributed by atoms with E-state index in [1.165, 1.54) is 12.1 Å². The van der Waals surface area contributed by atoms with Crippen LogP contribution >= 0.6 is 0 Å². The van der Waals surface area contributed by atoms with E-state index in [4.69, 9.17) is 4.74 Å². The van der Waals surface area contributed by atoms with Crippen LogP contribution < -0.4 is 5.32 Å². The molecule has 1 unspecified atom stereocenters. The molecule has 16 heavy (non-hydrogen) atoms. The van der Waals surface area contributed by atoms with E-state index in [2.05, 4.69) is 12.2 Å². The standard InChI is InChI=1S/C13H20FNO/c1-3-8-15-9-12(10-16-2)11-4-6-13(14)7-5-11/h4-7,12,15H,3,8-10H2,1-2H3. The summed E-state index contributed by atoms with van der Waals surface area (Å²) in [4.78, 5) is 0. The highest BCUT2D eigenvalue weighted by molar-refractivity contribution is 5.20. The summed E-state index contributed by atoms with van der Waals surface area (Å²) in [7, 11) is 1.69. The van der Waals surface area contributed by atoms with Gasteiger partial charge < -0.3 is 10.1 Å². The molecule has 0 spiro atoms. The van der Waals surface area contributed by atoms with E-state index in [0.717, 1.165) is 25.1 Å². The van der Waals surface area contributed by atoms with Gasteiger partial charge in [-0.1, -0.05) is 19.1 Å². The second-order valence-electron chi connectivity index (χ2n) is 3.91. The zero-order valence-corrected chi connectivity index (χ0v) is 10.0. The number of benzene rings is 1. The topological polar surface area (TPSA) is 21.3 Å². The lowest BCUT2D eigenvalue weighted by Gasteiger charge is -2.17. The van der Waals surface area contributed by atoms with Crippen molar-refractivity contribution in [3.63, 3.8) is 0 Å². The summed E-state index contributed by atoms with van der Waals surface area (Å²) in [5.74, 6) is 0.0959. The average molecular weight is 225 g/mol. The average Bonchev–Trinajstić information content (AvgIpc) is 2.29. The van der Waals surface area contributed by atoms with Gasteiger partial charge in [0.2, 0.25) is 0 Å². The van der Waals surface area contributed by atoms with Crippen molar-refractivity contribution in [2.75, 3.05) is 26.8 Å². The van der Waals surface area contributed by atoms with Gasteiger partial charge >= 0.3 is 0 Å². The summed E-state index contributed by atoms with van der Waals surface area (Å²) in [6.07, 6.45) is 1.11. The first-order chi connectivity index (χ1) is 7.77. The van der Waals surface area contributed by atoms with E-state index < -0.39 is 0 Å². The van der Waals surface area contributed by atoms with Gasteiger partial charge in [-0.3, -0.25) is 0 Å². The third-order valence-electron chi connectivity index (χ3n) is 2.53. The molecule has 2 nitrogen and oxygen atoms in total. The Balaban J connectivity index is 2.57. The van der Waals surface area contributed by atoms with Crippen LogP contribution in [0.2, 0.25) is 0 Å². The summed E-state index contributed by atoms with van der Waals surface area (Å²) >= 11 is 0. The first-order valence-corrected chi connectivity index (χ1v) is 5.73. The van der Waals surface area contributed by atoms with Crippen LogP contribution in [0.3, 0.4) is 0 Å². The lowest BCUT2D eigenvalue weighted by molar-refractivity contribution is 0.178. The number of ether oxygens (including phenoxy) is 1. The predicted octanol–water partition coefficient (Wildman–Crippen LogP) is 2.56. The Bertz CT molecular complexity index is 286. The molecule has 0 aliphatic heterocycles. The number of methoxy groups -OCH3 is 1. The number of hydrogen-bond donors (Lipinski definition) is 1. The molecular formula is C13H20FNO. The molecule has 0 saturated carbocycles. The molecule has 0 aromatic heterocycles. The fraction of sp³-hybridized carbons (Fsp3) is 0.538. The number of rotatable bonds is 7. The summed E-state index contributed by atoms with van der Waals surface area (Å²) in [6, 6.07) is 6.65. The number of halogens is 1. The van der Waals surface area contributed by atoms with Gasteiger partial charge in [-0.15, -0.1) is 0 Å². The zero-order valence-electron chi connectivity index (χ0n) is 10.0. The Morgan fingerprint density at radius 2 is 2.00 bits per heavy atom. The SMILES string of the molecule is CCCNCC(COC)c1ccc(F)cc1. The monoisotopic (exact) mass is 225 g/mol. The maximum absolute atomic E-state index is 12.8. The number of hydrogen-bond acceptors (Lipinski definition) is 2. The van der Waals surface area contributed by atoms with E-state index in [1.807, 2.05) is 12.1 Å². The lowest BCUT2D eigenvalue weighted by Crippen LogP contribution is -2.25. The molecule has 1 aromatic carbocycles. The van der Waals surface area contributed by atoms with Crippen molar-refractivity contribution in [3.8, 4) is 0 Å². The summed E-state index contributed by atoms with van der Waals surface area (Å²) in [5, 5.41) is 3.36. The van der Waals surface area contributed by atoms with Gasteiger partial charge in [0.05, 0.1) is 6.61 Å². The van der Waals surface area contributed by atoms with Gasteiger partial charge in [-0.05, 0) is 30.7 Å². The van der Waals surface area contributed by atoms with Crippen LogP contribution in [0.15, 0.2) is 24.3 Å². The van der Waals surface area contributed by atoms with Crippen molar-refractivity contribution < 1.29 is 9.13 Å². The molecule has 3 heteroatoms. The fourth-order valence-electron chi connectivity index (χ4n) is 1.66. The second-order valence-corrected chi connectivity index (χ2v) is 3.91. The van der Waals surface area contributed by atoms with Crippen molar-refractivity contribution in [2.24, 2.45) is 0 Å². The molecule has 0 saturated heterocycles. The molecule has 0 radical (unpaired) electrons. The Hall–Kier alpha value is -0.930. The minimum atomic E-state index is -0.193. The highest BCUT2D eigenvalue weighted by atomic mass is 19.1. The van der Waals surface area contributed by atoms with Crippen LogP contribution in [-0.4, -0.2) is 26.8 Å². The quantitative estimate of drug-likeness (QED) is 0.720. The van der Waals surface area contributed by atoms with Gasteiger partial charge in [-0.25, -0.2) is 4.39 Å². The third kappa shape index (κ3) is 4.29. The van der Waals surface area contributed by atoms with Crippen molar-refractivity contribution in [2.45, 2.75) is 19.3 Å². The summed E-state index contributed by atoms with van der Waals surface area (Å²) < 4.78 is 18.0. The molecule has 0 bridgehead atoms. The van der Waals surface area contributed by atoms with E-state index in [9.17, 15) is 4.39 Å². The van der Waals surface area contributed by atoms with E-state index in [-0.39, 0.29) is 11.7 Å². The van der Waals surface area contributed by atoms with Crippen molar-refractivity contribution >= 4 is 0 Å². The molecule has 0 aliphatic carbocycles. The van der Waals surface area contributed by atoms with Crippen LogP contribution in [0.1, 0.15) is 24.8 Å². The molecule has 0 amide bonds. The smallest absolute Gasteiger partial charge is 0.123 e. The zero-order chi connectivity index (χ0) is 11.8. The van der Waals surface area contributed by atoms with Gasteiger partial charge in [0, 0.05) is 19.6 Å². The fourth-order valence-corrected chi connectivity index (χ4v) is 1.66. The first-order valence-electron chi connectivity index (χ1n) is 5.73. The molecule has 1 rings (SSSR count). The molecule has 1 aromatic rings. The lowest BCUT2D eigenvalue weighted by atomic mass is 10.00. The molecule has 1 N–H and O–H groups in total. The minimum Gasteiger partial charge on any atom is -0.384 e. The first kappa shape index (κ1) is 13.1. The van der Waals surface area contributed by atoms with Crippen LogP contribution in [0, 0.1) is 5.82 Å². The van der Waals surface area contributed by atoms with Crippen LogP contribution in [0.5, 0.6) is 0 Å². The minimum absolute atomic E-state index is 0.193. The van der Waals surface area contributed by atoms with Crippen LogP contribution in [0.4, 0.5) is 4.39 Å². The van der Waals surface area contributed by atoms with E-state index >= 15 is 0 Å². The molecule has 1 atom stereocenters. The van der Waals surface area contributed by atoms with Crippen molar-refractivity contribution in [1.29, 1.82) is 0 Å². The largest absolute Gasteiger partial charge is 0.384 e. The maximum atomic E-state index is 12.8. The Labute approximate surface area is 96.8 Å². The maximum Gasteiger partial charge on any atom is 0.123 e. The summed E-state index contributed by atoms with van der Waals surface area (Å²) in [5.41, 5.74) is 1.12. The molecule has 0 heterocycles. The number of nitrogens with one attached hydrogen (secondary N) is 1. The van der Waals surface area contributed by atoms with Crippen molar-refractivity contribution in [1.82, 2.24) is 5.32 Å². The Kier molecular flexibility index (Phi) is 6.04. The highest BCUT2D eigenvalue weighted by Crippen LogP contribution is 2.15. The molecule has 0 fully saturated rings. The van der Waals surface area contributed by atoms with Gasteiger partial charge in [-0.2, -0.15) is 0 Å². The third-order valence-corrected chi connectivity index (χ3v) is 2.53. The van der Waals surface area contributed by atoms with Crippen LogP contribution in [0.25, 0.3) is 0 Å². The Morgan fingerprint density at radius 1 is 1.31 bits per heavy atom. The summed E-state index contributed by atoms with van der Waals surface area (Å²) in [6.45, 7) is 4.66. The molecule has 0 aliphatic rings. The van der Waals surface area contributed by atoms with Crippen molar-refractivity contribution in [3.05, 3.63) is 35.6 Å².